The number of likely N-dealkylation sites (tertiary alicyclic amines) is 1. The second-order valence-electron chi connectivity index (χ2n) is 5.33. The second kappa shape index (κ2) is 6.36. The topological polar surface area (TPSA) is 43.8 Å². The molecule has 0 bridgehead atoms. The van der Waals surface area contributed by atoms with E-state index in [4.69, 9.17) is 0 Å². The summed E-state index contributed by atoms with van der Waals surface area (Å²) in [5, 5.41) is 9.52. The van der Waals surface area contributed by atoms with Crippen LogP contribution in [0.25, 0.3) is 0 Å². The third-order valence-corrected chi connectivity index (χ3v) is 3.72. The summed E-state index contributed by atoms with van der Waals surface area (Å²) >= 11 is 0. The Kier molecular flexibility index (Phi) is 5.40. The number of carbonyl (C=O) groups is 1. The van der Waals surface area contributed by atoms with Crippen molar-refractivity contribution >= 4 is 5.97 Å². The van der Waals surface area contributed by atoms with Gasteiger partial charge in [-0.05, 0) is 52.9 Å². The normalized spacial score (nSPS) is 25.6. The number of nitrogens with zero attached hydrogens (tertiary/aromatic N) is 2. The molecule has 1 aliphatic heterocycles. The van der Waals surface area contributed by atoms with Crippen LogP contribution in [0, 0.1) is 0 Å². The van der Waals surface area contributed by atoms with Gasteiger partial charge in [0.1, 0.15) is 5.54 Å². The van der Waals surface area contributed by atoms with Crippen molar-refractivity contribution in [1.29, 1.82) is 0 Å². The monoisotopic (exact) mass is 242 g/mol. The molecule has 0 saturated carbocycles. The summed E-state index contributed by atoms with van der Waals surface area (Å²) in [6, 6.07) is 0. The number of rotatable bonds is 7. The molecule has 0 spiro atoms. The molecular formula is C13H26N2O2. The largest absolute Gasteiger partial charge is 0.480 e. The molecule has 1 fully saturated rings. The molecule has 4 heteroatoms. The van der Waals surface area contributed by atoms with Crippen molar-refractivity contribution in [3.8, 4) is 0 Å². The molecule has 1 atom stereocenters. The third-order valence-electron chi connectivity index (χ3n) is 3.72. The zero-order valence-corrected chi connectivity index (χ0v) is 11.4. The zero-order chi connectivity index (χ0) is 12.9. The average molecular weight is 242 g/mol. The lowest BCUT2D eigenvalue weighted by molar-refractivity contribution is -0.150. The van der Waals surface area contributed by atoms with Gasteiger partial charge in [0.2, 0.25) is 0 Å². The van der Waals surface area contributed by atoms with Gasteiger partial charge in [-0.1, -0.05) is 13.3 Å². The van der Waals surface area contributed by atoms with E-state index in [-0.39, 0.29) is 0 Å². The van der Waals surface area contributed by atoms with Crippen LogP contribution in [-0.4, -0.2) is 60.1 Å². The molecule has 1 aliphatic rings. The van der Waals surface area contributed by atoms with Crippen LogP contribution in [0.2, 0.25) is 0 Å². The molecule has 1 heterocycles. The highest BCUT2D eigenvalue weighted by Crippen LogP contribution is 2.33. The van der Waals surface area contributed by atoms with Crippen molar-refractivity contribution in [2.24, 2.45) is 0 Å². The molecule has 100 valence electrons. The van der Waals surface area contributed by atoms with E-state index in [1.165, 1.54) is 0 Å². The van der Waals surface area contributed by atoms with E-state index in [1.807, 2.05) is 0 Å². The Bertz CT molecular complexity index is 256. The maximum absolute atomic E-state index is 11.6. The molecule has 0 aliphatic carbocycles. The molecule has 4 nitrogen and oxygen atoms in total. The highest BCUT2D eigenvalue weighted by atomic mass is 16.4. The minimum Gasteiger partial charge on any atom is -0.480 e. The summed E-state index contributed by atoms with van der Waals surface area (Å²) in [6.45, 7) is 4.95. The van der Waals surface area contributed by atoms with E-state index in [2.05, 4.69) is 30.8 Å². The molecule has 1 saturated heterocycles. The molecule has 0 aromatic carbocycles. The molecule has 17 heavy (non-hydrogen) atoms. The predicted octanol–water partition coefficient (Wildman–Crippen LogP) is 1.66. The van der Waals surface area contributed by atoms with Gasteiger partial charge in [-0.25, -0.2) is 0 Å². The third kappa shape index (κ3) is 3.42. The fraction of sp³-hybridized carbons (Fsp3) is 0.923. The van der Waals surface area contributed by atoms with E-state index in [0.29, 0.717) is 0 Å². The Morgan fingerprint density at radius 3 is 2.71 bits per heavy atom. The van der Waals surface area contributed by atoms with Crippen molar-refractivity contribution in [2.45, 2.75) is 44.6 Å². The Balaban J connectivity index is 2.59. The predicted molar refractivity (Wildman–Crippen MR) is 69.3 cm³/mol. The smallest absolute Gasteiger partial charge is 0.324 e. The van der Waals surface area contributed by atoms with Gasteiger partial charge in [0.15, 0.2) is 0 Å². The summed E-state index contributed by atoms with van der Waals surface area (Å²) in [6.07, 6.45) is 4.61. The Morgan fingerprint density at radius 2 is 2.18 bits per heavy atom. The van der Waals surface area contributed by atoms with E-state index in [1.54, 1.807) is 0 Å². The van der Waals surface area contributed by atoms with Crippen LogP contribution in [-0.2, 0) is 4.79 Å². The van der Waals surface area contributed by atoms with Crippen molar-refractivity contribution in [1.82, 2.24) is 9.80 Å². The van der Waals surface area contributed by atoms with Crippen LogP contribution in [0.4, 0.5) is 0 Å². The number of hydrogen-bond donors (Lipinski definition) is 1. The van der Waals surface area contributed by atoms with Gasteiger partial charge in [0.25, 0.3) is 0 Å². The summed E-state index contributed by atoms with van der Waals surface area (Å²) in [5.41, 5.74) is -0.568. The highest BCUT2D eigenvalue weighted by molar-refractivity contribution is 5.79. The minimum absolute atomic E-state index is 0.568. The molecule has 0 aromatic heterocycles. The number of carboxylic acids is 1. The molecule has 1 rings (SSSR count). The van der Waals surface area contributed by atoms with Crippen molar-refractivity contribution < 1.29 is 9.90 Å². The summed E-state index contributed by atoms with van der Waals surface area (Å²) < 4.78 is 0. The summed E-state index contributed by atoms with van der Waals surface area (Å²) in [4.78, 5) is 15.9. The lowest BCUT2D eigenvalue weighted by Crippen LogP contribution is -2.51. The van der Waals surface area contributed by atoms with E-state index < -0.39 is 11.5 Å². The highest BCUT2D eigenvalue weighted by Gasteiger charge is 2.46. The molecular weight excluding hydrogens is 216 g/mol. The number of hydrogen-bond acceptors (Lipinski definition) is 3. The SMILES string of the molecule is CCCC1(C(=O)O)CCCN1CCCN(C)C. The Morgan fingerprint density at radius 1 is 1.47 bits per heavy atom. The maximum atomic E-state index is 11.6. The van der Waals surface area contributed by atoms with Crippen LogP contribution in [0.15, 0.2) is 0 Å². The standard InChI is InChI=1S/C13H26N2O2/c1-4-7-13(12(16)17)8-5-10-15(13)11-6-9-14(2)3/h4-11H2,1-3H3,(H,16,17). The van der Waals surface area contributed by atoms with Gasteiger partial charge in [0.05, 0.1) is 0 Å². The van der Waals surface area contributed by atoms with Gasteiger partial charge >= 0.3 is 5.97 Å². The van der Waals surface area contributed by atoms with E-state index in [0.717, 1.165) is 51.7 Å². The van der Waals surface area contributed by atoms with Gasteiger partial charge in [0, 0.05) is 6.54 Å². The lowest BCUT2D eigenvalue weighted by Gasteiger charge is -2.34. The number of carboxylic acid groups (broad SMARTS) is 1. The first kappa shape index (κ1) is 14.5. The minimum atomic E-state index is -0.623. The fourth-order valence-electron chi connectivity index (χ4n) is 2.88. The first-order valence-electron chi connectivity index (χ1n) is 6.66. The van der Waals surface area contributed by atoms with Gasteiger partial charge in [-0.15, -0.1) is 0 Å². The van der Waals surface area contributed by atoms with E-state index in [9.17, 15) is 9.90 Å². The molecule has 0 aromatic rings. The second-order valence-corrected chi connectivity index (χ2v) is 5.33. The van der Waals surface area contributed by atoms with Crippen LogP contribution in [0.3, 0.4) is 0 Å². The van der Waals surface area contributed by atoms with Crippen molar-refractivity contribution in [2.75, 3.05) is 33.7 Å². The Labute approximate surface area is 105 Å². The van der Waals surface area contributed by atoms with Gasteiger partial charge in [-0.2, -0.15) is 0 Å². The first-order chi connectivity index (χ1) is 8.03. The molecule has 0 radical (unpaired) electrons. The maximum Gasteiger partial charge on any atom is 0.324 e. The van der Waals surface area contributed by atoms with Crippen LogP contribution < -0.4 is 0 Å². The van der Waals surface area contributed by atoms with Crippen molar-refractivity contribution in [3.05, 3.63) is 0 Å². The summed E-state index contributed by atoms with van der Waals surface area (Å²) in [5.74, 6) is -0.623. The van der Waals surface area contributed by atoms with Crippen LogP contribution in [0.1, 0.15) is 39.0 Å². The van der Waals surface area contributed by atoms with Crippen molar-refractivity contribution in [3.63, 3.8) is 0 Å². The zero-order valence-electron chi connectivity index (χ0n) is 11.4. The number of aliphatic carboxylic acids is 1. The van der Waals surface area contributed by atoms with Gasteiger partial charge in [-0.3, -0.25) is 9.69 Å². The summed E-state index contributed by atoms with van der Waals surface area (Å²) in [7, 11) is 4.11. The van der Waals surface area contributed by atoms with E-state index >= 15 is 0 Å². The lowest BCUT2D eigenvalue weighted by atomic mass is 9.90. The van der Waals surface area contributed by atoms with Crippen LogP contribution in [0.5, 0.6) is 0 Å². The molecule has 1 N–H and O–H groups in total. The molecule has 1 unspecified atom stereocenters. The fourth-order valence-corrected chi connectivity index (χ4v) is 2.88. The average Bonchev–Trinajstić information content (AvgIpc) is 2.63. The first-order valence-corrected chi connectivity index (χ1v) is 6.66. The molecule has 0 amide bonds. The Hall–Kier alpha value is -0.610. The quantitative estimate of drug-likeness (QED) is 0.737. The van der Waals surface area contributed by atoms with Gasteiger partial charge < -0.3 is 10.0 Å². The van der Waals surface area contributed by atoms with Crippen LogP contribution >= 0.6 is 0 Å².